The standard InChI is InChI=1S/C10H11BrN2O/c1-4-5-14-9-6-8(11)12-10(13-9)7(2)3/h1,6-7H,5H2,2-3H3. The lowest BCUT2D eigenvalue weighted by Gasteiger charge is -2.07. The number of terminal acetylenes is 1. The first kappa shape index (κ1) is 11.0. The summed E-state index contributed by atoms with van der Waals surface area (Å²) in [7, 11) is 0. The highest BCUT2D eigenvalue weighted by molar-refractivity contribution is 9.10. The second-order valence-corrected chi connectivity index (χ2v) is 3.85. The molecule has 4 heteroatoms. The van der Waals surface area contributed by atoms with E-state index in [0.717, 1.165) is 5.82 Å². The molecule has 0 atom stereocenters. The Hall–Kier alpha value is -1.08. The molecule has 0 aromatic carbocycles. The van der Waals surface area contributed by atoms with Gasteiger partial charge in [-0.1, -0.05) is 19.8 Å². The van der Waals surface area contributed by atoms with Gasteiger partial charge >= 0.3 is 0 Å². The fourth-order valence-electron chi connectivity index (χ4n) is 0.862. The molecule has 0 unspecified atom stereocenters. The lowest BCUT2D eigenvalue weighted by Crippen LogP contribution is -2.02. The summed E-state index contributed by atoms with van der Waals surface area (Å²) in [6.45, 7) is 4.26. The molecule has 0 N–H and O–H groups in total. The van der Waals surface area contributed by atoms with Crippen molar-refractivity contribution in [2.24, 2.45) is 0 Å². The molecular formula is C10H11BrN2O. The number of halogens is 1. The second-order valence-electron chi connectivity index (χ2n) is 3.03. The van der Waals surface area contributed by atoms with Crippen molar-refractivity contribution < 1.29 is 4.74 Å². The minimum absolute atomic E-state index is 0.223. The fourth-order valence-corrected chi connectivity index (χ4v) is 1.24. The number of aromatic nitrogens is 2. The largest absolute Gasteiger partial charge is 0.464 e. The smallest absolute Gasteiger partial charge is 0.218 e. The van der Waals surface area contributed by atoms with Crippen molar-refractivity contribution in [3.8, 4) is 18.2 Å². The lowest BCUT2D eigenvalue weighted by atomic mass is 10.2. The van der Waals surface area contributed by atoms with Crippen LogP contribution in [0, 0.1) is 12.3 Å². The van der Waals surface area contributed by atoms with Crippen molar-refractivity contribution in [1.82, 2.24) is 9.97 Å². The predicted molar refractivity (Wildman–Crippen MR) is 58.1 cm³/mol. The van der Waals surface area contributed by atoms with Crippen molar-refractivity contribution >= 4 is 15.9 Å². The summed E-state index contributed by atoms with van der Waals surface area (Å²) in [5, 5.41) is 0. The average molecular weight is 255 g/mol. The summed E-state index contributed by atoms with van der Waals surface area (Å²) in [5.41, 5.74) is 0. The molecule has 0 aliphatic rings. The zero-order chi connectivity index (χ0) is 10.6. The van der Waals surface area contributed by atoms with E-state index in [1.54, 1.807) is 6.07 Å². The van der Waals surface area contributed by atoms with Gasteiger partial charge in [0, 0.05) is 12.0 Å². The lowest BCUT2D eigenvalue weighted by molar-refractivity contribution is 0.352. The number of hydrogen-bond acceptors (Lipinski definition) is 3. The van der Waals surface area contributed by atoms with Gasteiger partial charge in [0.15, 0.2) is 6.61 Å². The van der Waals surface area contributed by atoms with Crippen LogP contribution in [0.15, 0.2) is 10.7 Å². The van der Waals surface area contributed by atoms with Crippen molar-refractivity contribution in [1.29, 1.82) is 0 Å². The summed E-state index contributed by atoms with van der Waals surface area (Å²) in [6.07, 6.45) is 5.08. The highest BCUT2D eigenvalue weighted by Crippen LogP contribution is 2.18. The molecule has 0 saturated heterocycles. The molecule has 0 fully saturated rings. The van der Waals surface area contributed by atoms with Gasteiger partial charge in [0.1, 0.15) is 10.4 Å². The summed E-state index contributed by atoms with van der Waals surface area (Å²) in [5.74, 6) is 3.90. The van der Waals surface area contributed by atoms with Crippen LogP contribution in [0.4, 0.5) is 0 Å². The van der Waals surface area contributed by atoms with Gasteiger partial charge < -0.3 is 4.74 Å². The summed E-state index contributed by atoms with van der Waals surface area (Å²) in [4.78, 5) is 8.43. The van der Waals surface area contributed by atoms with E-state index in [4.69, 9.17) is 11.2 Å². The first-order chi connectivity index (χ1) is 6.63. The van der Waals surface area contributed by atoms with Gasteiger partial charge in [0.05, 0.1) is 0 Å². The highest BCUT2D eigenvalue weighted by atomic mass is 79.9. The Morgan fingerprint density at radius 1 is 1.57 bits per heavy atom. The van der Waals surface area contributed by atoms with Crippen LogP contribution < -0.4 is 4.74 Å². The van der Waals surface area contributed by atoms with Gasteiger partial charge in [-0.2, -0.15) is 4.98 Å². The zero-order valence-corrected chi connectivity index (χ0v) is 9.71. The maximum absolute atomic E-state index is 5.21. The minimum atomic E-state index is 0.223. The molecule has 1 rings (SSSR count). The molecule has 0 aliphatic carbocycles. The van der Waals surface area contributed by atoms with Crippen LogP contribution in [0.2, 0.25) is 0 Å². The summed E-state index contributed by atoms with van der Waals surface area (Å²) in [6, 6.07) is 1.70. The first-order valence-corrected chi connectivity index (χ1v) is 5.03. The third-order valence-electron chi connectivity index (χ3n) is 1.51. The Bertz CT molecular complexity index is 358. The van der Waals surface area contributed by atoms with E-state index in [1.165, 1.54) is 0 Å². The number of ether oxygens (including phenoxy) is 1. The third-order valence-corrected chi connectivity index (χ3v) is 1.91. The van der Waals surface area contributed by atoms with E-state index >= 15 is 0 Å². The van der Waals surface area contributed by atoms with Crippen LogP contribution in [-0.4, -0.2) is 16.6 Å². The molecule has 14 heavy (non-hydrogen) atoms. The Morgan fingerprint density at radius 3 is 2.86 bits per heavy atom. The normalized spacial score (nSPS) is 9.93. The van der Waals surface area contributed by atoms with E-state index in [-0.39, 0.29) is 12.5 Å². The highest BCUT2D eigenvalue weighted by Gasteiger charge is 2.06. The quantitative estimate of drug-likeness (QED) is 0.614. The minimum Gasteiger partial charge on any atom is -0.464 e. The molecule has 0 bridgehead atoms. The predicted octanol–water partition coefficient (Wildman–Crippen LogP) is 2.37. The van der Waals surface area contributed by atoms with Crippen LogP contribution in [0.25, 0.3) is 0 Å². The van der Waals surface area contributed by atoms with Crippen LogP contribution in [0.3, 0.4) is 0 Å². The molecule has 0 aliphatic heterocycles. The number of rotatable bonds is 3. The molecule has 74 valence electrons. The maximum Gasteiger partial charge on any atom is 0.218 e. The van der Waals surface area contributed by atoms with Gasteiger partial charge in [-0.3, -0.25) is 0 Å². The van der Waals surface area contributed by atoms with E-state index in [0.29, 0.717) is 10.5 Å². The molecule has 3 nitrogen and oxygen atoms in total. The Labute approximate surface area is 92.0 Å². The Balaban J connectivity index is 2.90. The van der Waals surface area contributed by atoms with Gasteiger partial charge in [-0.15, -0.1) is 6.42 Å². The third kappa shape index (κ3) is 3.00. The molecule has 1 aromatic rings. The van der Waals surface area contributed by atoms with E-state index in [1.807, 2.05) is 13.8 Å². The molecule has 0 spiro atoms. The Morgan fingerprint density at radius 2 is 2.29 bits per heavy atom. The Kier molecular flexibility index (Phi) is 3.90. The first-order valence-electron chi connectivity index (χ1n) is 4.24. The zero-order valence-electron chi connectivity index (χ0n) is 8.12. The van der Waals surface area contributed by atoms with E-state index in [9.17, 15) is 0 Å². The van der Waals surface area contributed by atoms with E-state index in [2.05, 4.69) is 31.8 Å². The number of hydrogen-bond donors (Lipinski definition) is 0. The van der Waals surface area contributed by atoms with Crippen LogP contribution >= 0.6 is 15.9 Å². The number of nitrogens with zero attached hydrogens (tertiary/aromatic N) is 2. The van der Waals surface area contributed by atoms with Crippen LogP contribution in [0.1, 0.15) is 25.6 Å². The summed E-state index contributed by atoms with van der Waals surface area (Å²) >= 11 is 3.29. The second kappa shape index (κ2) is 4.97. The van der Waals surface area contributed by atoms with E-state index < -0.39 is 0 Å². The van der Waals surface area contributed by atoms with Gasteiger partial charge in [-0.25, -0.2) is 4.98 Å². The van der Waals surface area contributed by atoms with Crippen molar-refractivity contribution in [3.05, 3.63) is 16.5 Å². The summed E-state index contributed by atoms with van der Waals surface area (Å²) < 4.78 is 5.92. The van der Waals surface area contributed by atoms with Crippen molar-refractivity contribution in [2.75, 3.05) is 6.61 Å². The fraction of sp³-hybridized carbons (Fsp3) is 0.400. The maximum atomic E-state index is 5.21. The van der Waals surface area contributed by atoms with Crippen molar-refractivity contribution in [2.45, 2.75) is 19.8 Å². The SMILES string of the molecule is C#CCOc1cc(Br)nc(C(C)C)n1. The van der Waals surface area contributed by atoms with Crippen molar-refractivity contribution in [3.63, 3.8) is 0 Å². The molecule has 0 amide bonds. The molecule has 1 aromatic heterocycles. The molecule has 1 heterocycles. The average Bonchev–Trinajstić information content (AvgIpc) is 2.14. The molecule has 0 saturated carbocycles. The van der Waals surface area contributed by atoms with Crippen LogP contribution in [0.5, 0.6) is 5.88 Å². The van der Waals surface area contributed by atoms with Gasteiger partial charge in [0.25, 0.3) is 0 Å². The van der Waals surface area contributed by atoms with Crippen LogP contribution in [-0.2, 0) is 0 Å². The molecule has 0 radical (unpaired) electrons. The topological polar surface area (TPSA) is 35.0 Å². The van der Waals surface area contributed by atoms with Gasteiger partial charge in [0.2, 0.25) is 5.88 Å². The van der Waals surface area contributed by atoms with Gasteiger partial charge in [-0.05, 0) is 15.9 Å². The molecular weight excluding hydrogens is 244 g/mol. The monoisotopic (exact) mass is 254 g/mol.